The number of nitrogens with zero attached hydrogens (tertiary/aromatic N) is 2. The Labute approximate surface area is 111 Å². The van der Waals surface area contributed by atoms with Crippen LogP contribution < -0.4 is 10.6 Å². The lowest BCUT2D eigenvalue weighted by molar-refractivity contribution is 0.128. The van der Waals surface area contributed by atoms with Gasteiger partial charge in [-0.25, -0.2) is 0 Å². The van der Waals surface area contributed by atoms with Crippen LogP contribution in [0.1, 0.15) is 26.3 Å². The SMILES string of the molecule is Cc1ccc(N)cc1N1CCN(C(C)(C)C)CC1. The summed E-state index contributed by atoms with van der Waals surface area (Å²) in [5.74, 6) is 0. The fourth-order valence-corrected chi connectivity index (χ4v) is 2.59. The third-order valence-electron chi connectivity index (χ3n) is 3.80. The van der Waals surface area contributed by atoms with Crippen LogP contribution in [0.3, 0.4) is 0 Å². The molecule has 1 aromatic carbocycles. The molecule has 0 radical (unpaired) electrons. The van der Waals surface area contributed by atoms with E-state index in [1.54, 1.807) is 0 Å². The van der Waals surface area contributed by atoms with Crippen molar-refractivity contribution in [2.75, 3.05) is 36.8 Å². The van der Waals surface area contributed by atoms with E-state index in [-0.39, 0.29) is 5.54 Å². The highest BCUT2D eigenvalue weighted by atomic mass is 15.3. The van der Waals surface area contributed by atoms with Crippen LogP contribution in [-0.2, 0) is 0 Å². The summed E-state index contributed by atoms with van der Waals surface area (Å²) in [6.07, 6.45) is 0. The fraction of sp³-hybridized carbons (Fsp3) is 0.600. The second kappa shape index (κ2) is 4.81. The molecule has 3 nitrogen and oxygen atoms in total. The van der Waals surface area contributed by atoms with Crippen molar-refractivity contribution in [1.82, 2.24) is 4.90 Å². The van der Waals surface area contributed by atoms with Crippen LogP contribution in [0.2, 0.25) is 0 Å². The zero-order valence-corrected chi connectivity index (χ0v) is 12.0. The van der Waals surface area contributed by atoms with E-state index < -0.39 is 0 Å². The number of hydrogen-bond acceptors (Lipinski definition) is 3. The maximum absolute atomic E-state index is 5.89. The highest BCUT2D eigenvalue weighted by Crippen LogP contribution is 2.25. The number of aryl methyl sites for hydroxylation is 1. The summed E-state index contributed by atoms with van der Waals surface area (Å²) in [6.45, 7) is 13.4. The zero-order valence-electron chi connectivity index (χ0n) is 12.0. The molecule has 3 heteroatoms. The average molecular weight is 247 g/mol. The first-order chi connectivity index (χ1) is 8.38. The lowest BCUT2D eigenvalue weighted by Gasteiger charge is -2.43. The number of anilines is 2. The van der Waals surface area contributed by atoms with Crippen LogP contribution in [-0.4, -0.2) is 36.6 Å². The van der Waals surface area contributed by atoms with E-state index in [9.17, 15) is 0 Å². The van der Waals surface area contributed by atoms with Crippen LogP contribution >= 0.6 is 0 Å². The average Bonchev–Trinajstić information content (AvgIpc) is 2.31. The Morgan fingerprint density at radius 3 is 2.22 bits per heavy atom. The van der Waals surface area contributed by atoms with Gasteiger partial charge in [0.05, 0.1) is 0 Å². The molecule has 2 rings (SSSR count). The number of nitrogens with two attached hydrogens (primary N) is 1. The molecule has 0 aliphatic carbocycles. The second-order valence-electron chi connectivity index (χ2n) is 6.19. The molecule has 1 aromatic rings. The predicted molar refractivity (Wildman–Crippen MR) is 79.1 cm³/mol. The van der Waals surface area contributed by atoms with Crippen molar-refractivity contribution in [2.45, 2.75) is 33.2 Å². The van der Waals surface area contributed by atoms with Gasteiger partial charge in [-0.1, -0.05) is 6.07 Å². The summed E-state index contributed by atoms with van der Waals surface area (Å²) in [6, 6.07) is 6.19. The Hall–Kier alpha value is -1.22. The van der Waals surface area contributed by atoms with Crippen molar-refractivity contribution in [3.05, 3.63) is 23.8 Å². The Kier molecular flexibility index (Phi) is 3.53. The minimum Gasteiger partial charge on any atom is -0.399 e. The molecule has 0 unspecified atom stereocenters. The lowest BCUT2D eigenvalue weighted by Crippen LogP contribution is -2.53. The maximum atomic E-state index is 5.89. The molecule has 1 aliphatic rings. The van der Waals surface area contributed by atoms with Gasteiger partial charge in [-0.2, -0.15) is 0 Å². The third-order valence-corrected chi connectivity index (χ3v) is 3.80. The van der Waals surface area contributed by atoms with Gasteiger partial charge >= 0.3 is 0 Å². The van der Waals surface area contributed by atoms with Gasteiger partial charge in [0.25, 0.3) is 0 Å². The van der Waals surface area contributed by atoms with Crippen molar-refractivity contribution in [1.29, 1.82) is 0 Å². The van der Waals surface area contributed by atoms with E-state index in [1.807, 2.05) is 6.07 Å². The third kappa shape index (κ3) is 2.78. The van der Waals surface area contributed by atoms with Crippen LogP contribution in [0.4, 0.5) is 11.4 Å². The van der Waals surface area contributed by atoms with E-state index in [4.69, 9.17) is 5.73 Å². The molecule has 100 valence electrons. The first-order valence-electron chi connectivity index (χ1n) is 6.74. The molecule has 0 atom stereocenters. The summed E-state index contributed by atoms with van der Waals surface area (Å²) in [4.78, 5) is 5.00. The van der Waals surface area contributed by atoms with Gasteiger partial charge < -0.3 is 10.6 Å². The van der Waals surface area contributed by atoms with Crippen LogP contribution in [0.5, 0.6) is 0 Å². The second-order valence-corrected chi connectivity index (χ2v) is 6.19. The Bertz CT molecular complexity index is 412. The van der Waals surface area contributed by atoms with Gasteiger partial charge in [0.1, 0.15) is 0 Å². The highest BCUT2D eigenvalue weighted by Gasteiger charge is 2.26. The zero-order chi connectivity index (χ0) is 13.3. The maximum Gasteiger partial charge on any atom is 0.0417 e. The van der Waals surface area contributed by atoms with Crippen molar-refractivity contribution in [2.24, 2.45) is 0 Å². The van der Waals surface area contributed by atoms with Gasteiger partial charge in [-0.05, 0) is 45.4 Å². The highest BCUT2D eigenvalue weighted by molar-refractivity contribution is 5.61. The monoisotopic (exact) mass is 247 g/mol. The van der Waals surface area contributed by atoms with Gasteiger partial charge in [-0.3, -0.25) is 4.90 Å². The number of nitrogen functional groups attached to an aromatic ring is 1. The normalized spacial score (nSPS) is 18.1. The number of rotatable bonds is 1. The van der Waals surface area contributed by atoms with Crippen molar-refractivity contribution < 1.29 is 0 Å². The Morgan fingerprint density at radius 2 is 1.67 bits per heavy atom. The number of hydrogen-bond donors (Lipinski definition) is 1. The summed E-state index contributed by atoms with van der Waals surface area (Å²) in [5.41, 5.74) is 9.63. The minimum atomic E-state index is 0.275. The molecular formula is C15H25N3. The van der Waals surface area contributed by atoms with E-state index >= 15 is 0 Å². The van der Waals surface area contributed by atoms with Crippen LogP contribution in [0.15, 0.2) is 18.2 Å². The molecule has 0 bridgehead atoms. The molecule has 1 saturated heterocycles. The van der Waals surface area contributed by atoms with E-state index in [0.717, 1.165) is 31.9 Å². The smallest absolute Gasteiger partial charge is 0.0417 e. The summed E-state index contributed by atoms with van der Waals surface area (Å²) < 4.78 is 0. The standard InChI is InChI=1S/C15H25N3/c1-12-5-6-13(16)11-14(12)17-7-9-18(10-8-17)15(2,3)4/h5-6,11H,7-10,16H2,1-4H3. The van der Waals surface area contributed by atoms with Crippen LogP contribution in [0.25, 0.3) is 0 Å². The van der Waals surface area contributed by atoms with Gasteiger partial charge in [0, 0.05) is 43.1 Å². The summed E-state index contributed by atoms with van der Waals surface area (Å²) >= 11 is 0. The number of benzene rings is 1. The minimum absolute atomic E-state index is 0.275. The molecule has 2 N–H and O–H groups in total. The molecule has 18 heavy (non-hydrogen) atoms. The van der Waals surface area contributed by atoms with E-state index in [2.05, 4.69) is 49.6 Å². The number of piperazine rings is 1. The van der Waals surface area contributed by atoms with Crippen molar-refractivity contribution in [3.8, 4) is 0 Å². The fourth-order valence-electron chi connectivity index (χ4n) is 2.59. The largest absolute Gasteiger partial charge is 0.399 e. The predicted octanol–water partition coefficient (Wildman–Crippen LogP) is 2.50. The van der Waals surface area contributed by atoms with Crippen molar-refractivity contribution >= 4 is 11.4 Å². The van der Waals surface area contributed by atoms with E-state index in [1.165, 1.54) is 11.3 Å². The first kappa shape index (κ1) is 13.2. The van der Waals surface area contributed by atoms with Crippen molar-refractivity contribution in [3.63, 3.8) is 0 Å². The molecule has 0 aromatic heterocycles. The molecule has 1 heterocycles. The molecule has 1 aliphatic heterocycles. The molecule has 0 amide bonds. The summed E-state index contributed by atoms with van der Waals surface area (Å²) in [5, 5.41) is 0. The van der Waals surface area contributed by atoms with Crippen LogP contribution in [0, 0.1) is 6.92 Å². The van der Waals surface area contributed by atoms with E-state index in [0.29, 0.717) is 0 Å². The molecule has 0 saturated carbocycles. The quantitative estimate of drug-likeness (QED) is 0.774. The van der Waals surface area contributed by atoms with Gasteiger partial charge in [0.15, 0.2) is 0 Å². The molecular weight excluding hydrogens is 222 g/mol. The van der Waals surface area contributed by atoms with Gasteiger partial charge in [-0.15, -0.1) is 0 Å². The topological polar surface area (TPSA) is 32.5 Å². The summed E-state index contributed by atoms with van der Waals surface area (Å²) in [7, 11) is 0. The Morgan fingerprint density at radius 1 is 1.06 bits per heavy atom. The Balaban J connectivity index is 2.08. The first-order valence-corrected chi connectivity index (χ1v) is 6.74. The molecule has 1 fully saturated rings. The lowest BCUT2D eigenvalue weighted by atomic mass is 10.0. The van der Waals surface area contributed by atoms with Gasteiger partial charge in [0.2, 0.25) is 0 Å². The molecule has 0 spiro atoms.